The van der Waals surface area contributed by atoms with Gasteiger partial charge in [0.25, 0.3) is 0 Å². The van der Waals surface area contributed by atoms with Crippen molar-refractivity contribution >= 4 is 19.1 Å². The molecule has 6 heteroatoms. The van der Waals surface area contributed by atoms with E-state index in [4.69, 9.17) is 4.74 Å². The molecule has 0 aliphatic rings. The number of aromatic nitrogens is 4. The molecule has 0 saturated carbocycles. The van der Waals surface area contributed by atoms with Gasteiger partial charge in [-0.05, 0) is 18.2 Å². The van der Waals surface area contributed by atoms with Crippen LogP contribution in [-0.2, 0) is 11.5 Å². The van der Waals surface area contributed by atoms with Crippen molar-refractivity contribution in [2.45, 2.75) is 32.4 Å². The number of hydrogen-bond donors (Lipinski definition) is 1. The lowest BCUT2D eigenvalue weighted by molar-refractivity contribution is 0.0899. The summed E-state index contributed by atoms with van der Waals surface area (Å²) >= 11 is 0. The van der Waals surface area contributed by atoms with Crippen molar-refractivity contribution in [3.8, 4) is 11.1 Å². The van der Waals surface area contributed by atoms with Crippen LogP contribution in [0, 0.1) is 0 Å². The number of nitrogens with one attached hydrogen (secondary N) is 1. The summed E-state index contributed by atoms with van der Waals surface area (Å²) in [4.78, 5) is 4.50. The number of ether oxygens (including phenoxy) is 1. The predicted octanol–water partition coefficient (Wildman–Crippen LogP) is 3.74. The van der Waals surface area contributed by atoms with Gasteiger partial charge in [0.1, 0.15) is 12.4 Å². The van der Waals surface area contributed by atoms with Crippen LogP contribution in [-0.4, -0.2) is 34.4 Å². The van der Waals surface area contributed by atoms with Gasteiger partial charge in [-0.25, -0.2) is 4.98 Å². The third-order valence-electron chi connectivity index (χ3n) is 3.67. The molecule has 0 aromatic carbocycles. The molecule has 5 nitrogen and oxygen atoms in total. The van der Waals surface area contributed by atoms with Gasteiger partial charge in [0.2, 0.25) is 0 Å². The van der Waals surface area contributed by atoms with Gasteiger partial charge in [0.05, 0.1) is 6.20 Å². The zero-order chi connectivity index (χ0) is 15.6. The van der Waals surface area contributed by atoms with E-state index in [1.165, 1.54) is 6.04 Å². The predicted molar refractivity (Wildman–Crippen MR) is 91.4 cm³/mol. The van der Waals surface area contributed by atoms with Gasteiger partial charge in [-0.15, -0.1) is 0 Å². The minimum atomic E-state index is -1.05. The molecule has 0 unspecified atom stereocenters. The van der Waals surface area contributed by atoms with Gasteiger partial charge in [-0.3, -0.25) is 5.10 Å². The molecular weight excluding hydrogens is 292 g/mol. The third-order valence-corrected chi connectivity index (χ3v) is 5.37. The monoisotopic (exact) mass is 314 g/mol. The molecule has 0 radical (unpaired) electrons. The van der Waals surface area contributed by atoms with Crippen molar-refractivity contribution in [1.29, 1.82) is 0 Å². The fourth-order valence-electron chi connectivity index (χ4n) is 2.39. The Bertz CT molecular complexity index is 743. The summed E-state index contributed by atoms with van der Waals surface area (Å²) in [5.74, 6) is 0. The Hall–Kier alpha value is -1.92. The fourth-order valence-corrected chi connectivity index (χ4v) is 3.15. The van der Waals surface area contributed by atoms with E-state index in [0.29, 0.717) is 6.73 Å². The molecule has 0 aliphatic carbocycles. The Morgan fingerprint density at radius 1 is 1.32 bits per heavy atom. The molecular formula is C16H22N4OSi. The van der Waals surface area contributed by atoms with Gasteiger partial charge >= 0.3 is 0 Å². The van der Waals surface area contributed by atoms with Gasteiger partial charge < -0.3 is 9.30 Å². The van der Waals surface area contributed by atoms with E-state index in [2.05, 4.69) is 51.7 Å². The minimum absolute atomic E-state index is 0.538. The highest BCUT2D eigenvalue weighted by molar-refractivity contribution is 6.76. The lowest BCUT2D eigenvalue weighted by Crippen LogP contribution is -2.22. The van der Waals surface area contributed by atoms with Crippen LogP contribution in [0.5, 0.6) is 0 Å². The van der Waals surface area contributed by atoms with Crippen LogP contribution in [0.2, 0.25) is 25.7 Å². The van der Waals surface area contributed by atoms with Crippen LogP contribution < -0.4 is 0 Å². The summed E-state index contributed by atoms with van der Waals surface area (Å²) in [6.45, 7) is 8.43. The Kier molecular flexibility index (Phi) is 4.13. The highest BCUT2D eigenvalue weighted by Crippen LogP contribution is 2.28. The van der Waals surface area contributed by atoms with E-state index in [1.54, 1.807) is 0 Å². The second-order valence-electron chi connectivity index (χ2n) is 6.72. The molecule has 22 heavy (non-hydrogen) atoms. The maximum Gasteiger partial charge on any atom is 0.142 e. The van der Waals surface area contributed by atoms with Gasteiger partial charge in [-0.2, -0.15) is 5.10 Å². The van der Waals surface area contributed by atoms with Crippen LogP contribution in [0.3, 0.4) is 0 Å². The van der Waals surface area contributed by atoms with Crippen molar-refractivity contribution < 1.29 is 4.74 Å². The normalized spacial score (nSPS) is 12.1. The Labute approximate surface area is 131 Å². The van der Waals surface area contributed by atoms with Crippen molar-refractivity contribution in [2.24, 2.45) is 0 Å². The number of aromatic amines is 1. The zero-order valence-corrected chi connectivity index (χ0v) is 14.3. The van der Waals surface area contributed by atoms with E-state index in [-0.39, 0.29) is 0 Å². The molecule has 0 spiro atoms. The smallest absolute Gasteiger partial charge is 0.142 e. The van der Waals surface area contributed by atoms with Gasteiger partial charge in [0, 0.05) is 49.8 Å². The van der Waals surface area contributed by atoms with Crippen molar-refractivity contribution in [3.63, 3.8) is 0 Å². The summed E-state index contributed by atoms with van der Waals surface area (Å²) in [7, 11) is -1.05. The summed E-state index contributed by atoms with van der Waals surface area (Å²) in [5, 5.41) is 8.02. The molecule has 3 heterocycles. The van der Waals surface area contributed by atoms with E-state index in [9.17, 15) is 0 Å². The van der Waals surface area contributed by atoms with Crippen molar-refractivity contribution in [3.05, 3.63) is 36.9 Å². The maximum absolute atomic E-state index is 5.87. The number of nitrogens with zero attached hydrogens (tertiary/aromatic N) is 3. The van der Waals surface area contributed by atoms with E-state index in [0.717, 1.165) is 28.8 Å². The van der Waals surface area contributed by atoms with Crippen LogP contribution >= 0.6 is 0 Å². The molecule has 0 aliphatic heterocycles. The summed E-state index contributed by atoms with van der Waals surface area (Å²) in [6.07, 6.45) is 7.65. The topological polar surface area (TPSA) is 55.7 Å². The fraction of sp³-hybridized carbons (Fsp3) is 0.375. The average molecular weight is 314 g/mol. The maximum atomic E-state index is 5.87. The lowest BCUT2D eigenvalue weighted by atomic mass is 10.1. The number of fused-ring (bicyclic) bond motifs is 1. The standard InChI is InChI=1S/C16H22N4OSi/c1-22(2,3)8-7-21-12-20-11-15(13-9-18-19-10-13)14-5-4-6-17-16(14)20/h4-6,9-11H,7-8,12H2,1-3H3,(H,18,19). The van der Waals surface area contributed by atoms with Crippen molar-refractivity contribution in [2.75, 3.05) is 6.61 Å². The minimum Gasteiger partial charge on any atom is -0.361 e. The SMILES string of the molecule is C[Si](C)(C)CCOCn1cc(-c2cn[nH]c2)c2cccnc21. The highest BCUT2D eigenvalue weighted by atomic mass is 28.3. The van der Waals surface area contributed by atoms with Crippen LogP contribution in [0.4, 0.5) is 0 Å². The Balaban J connectivity index is 1.81. The molecule has 3 rings (SSSR count). The van der Waals surface area contributed by atoms with Crippen LogP contribution in [0.15, 0.2) is 36.9 Å². The Morgan fingerprint density at radius 3 is 2.91 bits per heavy atom. The number of H-pyrrole nitrogens is 1. The van der Waals surface area contributed by atoms with Gasteiger partial charge in [0.15, 0.2) is 0 Å². The molecule has 3 aromatic rings. The van der Waals surface area contributed by atoms with E-state index in [1.807, 2.05) is 24.7 Å². The quantitative estimate of drug-likeness (QED) is 0.557. The average Bonchev–Trinajstić information content (AvgIpc) is 3.10. The largest absolute Gasteiger partial charge is 0.361 e. The van der Waals surface area contributed by atoms with Crippen LogP contribution in [0.1, 0.15) is 0 Å². The van der Waals surface area contributed by atoms with Crippen LogP contribution in [0.25, 0.3) is 22.2 Å². The number of hydrogen-bond acceptors (Lipinski definition) is 3. The van der Waals surface area contributed by atoms with E-state index >= 15 is 0 Å². The second-order valence-corrected chi connectivity index (χ2v) is 12.3. The zero-order valence-electron chi connectivity index (χ0n) is 13.3. The molecule has 0 saturated heterocycles. The molecule has 3 aromatic heterocycles. The number of rotatable bonds is 6. The molecule has 116 valence electrons. The first-order chi connectivity index (χ1) is 10.5. The second kappa shape index (κ2) is 6.06. The lowest BCUT2D eigenvalue weighted by Gasteiger charge is -2.15. The number of pyridine rings is 1. The first-order valence-corrected chi connectivity index (χ1v) is 11.3. The molecule has 0 atom stereocenters. The first-order valence-electron chi connectivity index (χ1n) is 7.55. The molecule has 0 fully saturated rings. The van der Waals surface area contributed by atoms with Crippen molar-refractivity contribution in [1.82, 2.24) is 19.7 Å². The first kappa shape index (κ1) is 15.0. The molecule has 0 amide bonds. The third kappa shape index (κ3) is 3.28. The summed E-state index contributed by atoms with van der Waals surface area (Å²) in [6, 6.07) is 5.22. The molecule has 1 N–H and O–H groups in total. The summed E-state index contributed by atoms with van der Waals surface area (Å²) in [5.41, 5.74) is 3.15. The Morgan fingerprint density at radius 2 is 2.18 bits per heavy atom. The van der Waals surface area contributed by atoms with E-state index < -0.39 is 8.07 Å². The highest BCUT2D eigenvalue weighted by Gasteiger charge is 2.14. The summed E-state index contributed by atoms with van der Waals surface area (Å²) < 4.78 is 7.94. The molecule has 0 bridgehead atoms. The van der Waals surface area contributed by atoms with Gasteiger partial charge in [-0.1, -0.05) is 19.6 Å².